The fourth-order valence-electron chi connectivity index (χ4n) is 3.82. The molecular weight excluding hydrogens is 338 g/mol. The Bertz CT molecular complexity index is 815. The first-order valence-electron chi connectivity index (χ1n) is 9.61. The summed E-state index contributed by atoms with van der Waals surface area (Å²) in [5.74, 6) is 0.807. The van der Waals surface area contributed by atoms with Gasteiger partial charge in [-0.1, -0.05) is 30.3 Å². The number of anilines is 1. The standard InChI is InChI=1S/C22H25N3O2/c23-12-18-13-25(14-20(18)15-4-2-1-3-5-15)22(27)17-8-10-19(11-9-17)24-21(26)16-6-7-16/h1-5,8-11,16,18,20H,6-7,12-14,23H2,(H,24,26)/t18-,20+/m1/s1. The molecule has 27 heavy (non-hydrogen) atoms. The molecule has 1 saturated carbocycles. The third kappa shape index (κ3) is 3.88. The van der Waals surface area contributed by atoms with E-state index in [2.05, 4.69) is 17.4 Å². The molecule has 3 N–H and O–H groups in total. The highest BCUT2D eigenvalue weighted by Crippen LogP contribution is 2.33. The Labute approximate surface area is 159 Å². The summed E-state index contributed by atoms with van der Waals surface area (Å²) in [5, 5.41) is 2.90. The van der Waals surface area contributed by atoms with Crippen LogP contribution in [0.25, 0.3) is 0 Å². The molecule has 0 spiro atoms. The summed E-state index contributed by atoms with van der Waals surface area (Å²) in [7, 11) is 0. The number of rotatable bonds is 5. The average molecular weight is 363 g/mol. The van der Waals surface area contributed by atoms with Crippen molar-refractivity contribution in [3.8, 4) is 0 Å². The lowest BCUT2D eigenvalue weighted by Crippen LogP contribution is -2.29. The molecule has 2 aromatic rings. The van der Waals surface area contributed by atoms with Crippen LogP contribution in [0.3, 0.4) is 0 Å². The maximum atomic E-state index is 12.9. The second kappa shape index (κ2) is 7.53. The molecule has 0 unspecified atom stereocenters. The number of benzene rings is 2. The molecule has 140 valence electrons. The Balaban J connectivity index is 1.43. The van der Waals surface area contributed by atoms with Crippen molar-refractivity contribution < 1.29 is 9.59 Å². The smallest absolute Gasteiger partial charge is 0.253 e. The van der Waals surface area contributed by atoms with E-state index in [-0.39, 0.29) is 29.6 Å². The van der Waals surface area contributed by atoms with Crippen molar-refractivity contribution in [1.82, 2.24) is 4.90 Å². The summed E-state index contributed by atoms with van der Waals surface area (Å²) < 4.78 is 0. The molecule has 5 heteroatoms. The van der Waals surface area contributed by atoms with Crippen LogP contribution < -0.4 is 11.1 Å². The van der Waals surface area contributed by atoms with Gasteiger partial charge in [0.05, 0.1) is 0 Å². The van der Waals surface area contributed by atoms with Crippen molar-refractivity contribution in [1.29, 1.82) is 0 Å². The first-order valence-corrected chi connectivity index (χ1v) is 9.61. The number of amides is 2. The second-order valence-corrected chi connectivity index (χ2v) is 7.56. The van der Waals surface area contributed by atoms with Gasteiger partial charge in [-0.05, 0) is 55.1 Å². The fraction of sp³-hybridized carbons (Fsp3) is 0.364. The number of nitrogens with one attached hydrogen (secondary N) is 1. The lowest BCUT2D eigenvalue weighted by atomic mass is 9.89. The molecule has 0 bridgehead atoms. The largest absolute Gasteiger partial charge is 0.338 e. The highest BCUT2D eigenvalue weighted by molar-refractivity contribution is 5.97. The van der Waals surface area contributed by atoms with E-state index in [9.17, 15) is 9.59 Å². The molecule has 1 saturated heterocycles. The third-order valence-electron chi connectivity index (χ3n) is 5.61. The SMILES string of the molecule is NC[C@@H]1CN(C(=O)c2ccc(NC(=O)C3CC3)cc2)C[C@H]1c1ccccc1. The molecule has 1 aliphatic heterocycles. The molecule has 4 rings (SSSR count). The molecule has 2 aromatic carbocycles. The van der Waals surface area contributed by atoms with Crippen LogP contribution in [0.4, 0.5) is 5.69 Å². The number of nitrogens with two attached hydrogens (primary N) is 1. The molecule has 2 atom stereocenters. The van der Waals surface area contributed by atoms with Gasteiger partial charge in [0.15, 0.2) is 0 Å². The fourth-order valence-corrected chi connectivity index (χ4v) is 3.82. The lowest BCUT2D eigenvalue weighted by Gasteiger charge is -2.17. The van der Waals surface area contributed by atoms with Crippen molar-refractivity contribution >= 4 is 17.5 Å². The highest BCUT2D eigenvalue weighted by Gasteiger charge is 2.35. The van der Waals surface area contributed by atoms with Crippen molar-refractivity contribution in [3.63, 3.8) is 0 Å². The van der Waals surface area contributed by atoms with Gasteiger partial charge in [0.25, 0.3) is 5.91 Å². The predicted molar refractivity (Wildman–Crippen MR) is 105 cm³/mol. The Morgan fingerprint density at radius 3 is 2.33 bits per heavy atom. The molecule has 2 amide bonds. The van der Waals surface area contributed by atoms with Gasteiger partial charge < -0.3 is 16.0 Å². The molecule has 1 aliphatic carbocycles. The van der Waals surface area contributed by atoms with Crippen molar-refractivity contribution in [3.05, 3.63) is 65.7 Å². The quantitative estimate of drug-likeness (QED) is 0.858. The number of hydrogen-bond donors (Lipinski definition) is 2. The van der Waals surface area contributed by atoms with Crippen LogP contribution in [0.2, 0.25) is 0 Å². The maximum Gasteiger partial charge on any atom is 0.253 e. The average Bonchev–Trinajstić information content (AvgIpc) is 3.47. The zero-order valence-electron chi connectivity index (χ0n) is 15.3. The second-order valence-electron chi connectivity index (χ2n) is 7.56. The van der Waals surface area contributed by atoms with Gasteiger partial charge in [-0.2, -0.15) is 0 Å². The minimum absolute atomic E-state index is 0.0203. The first-order chi connectivity index (χ1) is 13.2. The van der Waals surface area contributed by atoms with Crippen molar-refractivity contribution in [2.24, 2.45) is 17.6 Å². The van der Waals surface area contributed by atoms with Gasteiger partial charge in [-0.15, -0.1) is 0 Å². The summed E-state index contributed by atoms with van der Waals surface area (Å²) in [5.41, 5.74) is 8.60. The van der Waals surface area contributed by atoms with Crippen LogP contribution in [0.1, 0.15) is 34.7 Å². The summed E-state index contributed by atoms with van der Waals surface area (Å²) in [6, 6.07) is 17.5. The Kier molecular flexibility index (Phi) is 4.94. The molecule has 2 aliphatic rings. The van der Waals surface area contributed by atoms with E-state index in [4.69, 9.17) is 5.73 Å². The molecule has 0 aromatic heterocycles. The zero-order chi connectivity index (χ0) is 18.8. The number of nitrogens with zero attached hydrogens (tertiary/aromatic N) is 1. The molecule has 2 fully saturated rings. The van der Waals surface area contributed by atoms with E-state index in [0.717, 1.165) is 18.5 Å². The summed E-state index contributed by atoms with van der Waals surface area (Å²) in [6.45, 7) is 1.93. The van der Waals surface area contributed by atoms with E-state index in [0.29, 0.717) is 25.2 Å². The van der Waals surface area contributed by atoms with Gasteiger partial charge >= 0.3 is 0 Å². The number of carbonyl (C=O) groups is 2. The Hall–Kier alpha value is -2.66. The summed E-state index contributed by atoms with van der Waals surface area (Å²) >= 11 is 0. The molecular formula is C22H25N3O2. The number of carbonyl (C=O) groups excluding carboxylic acids is 2. The summed E-state index contributed by atoms with van der Waals surface area (Å²) in [4.78, 5) is 26.7. The topological polar surface area (TPSA) is 75.4 Å². The van der Waals surface area contributed by atoms with E-state index < -0.39 is 0 Å². The Morgan fingerprint density at radius 2 is 1.70 bits per heavy atom. The third-order valence-corrected chi connectivity index (χ3v) is 5.61. The minimum atomic E-state index is 0.0203. The minimum Gasteiger partial charge on any atom is -0.338 e. The lowest BCUT2D eigenvalue weighted by molar-refractivity contribution is -0.117. The Morgan fingerprint density at radius 1 is 1.00 bits per heavy atom. The number of likely N-dealkylation sites (tertiary alicyclic amines) is 1. The highest BCUT2D eigenvalue weighted by atomic mass is 16.2. The summed E-state index contributed by atoms with van der Waals surface area (Å²) in [6.07, 6.45) is 1.95. The van der Waals surface area contributed by atoms with Gasteiger partial charge in [0.2, 0.25) is 5.91 Å². The van der Waals surface area contributed by atoms with Gasteiger partial charge in [0, 0.05) is 36.2 Å². The van der Waals surface area contributed by atoms with E-state index >= 15 is 0 Å². The van der Waals surface area contributed by atoms with Crippen LogP contribution in [0.5, 0.6) is 0 Å². The molecule has 1 heterocycles. The van der Waals surface area contributed by atoms with Crippen LogP contribution in [-0.4, -0.2) is 36.3 Å². The van der Waals surface area contributed by atoms with E-state index in [1.807, 2.05) is 23.1 Å². The van der Waals surface area contributed by atoms with Crippen LogP contribution in [0, 0.1) is 11.8 Å². The van der Waals surface area contributed by atoms with Gasteiger partial charge in [-0.25, -0.2) is 0 Å². The number of hydrogen-bond acceptors (Lipinski definition) is 3. The van der Waals surface area contributed by atoms with Crippen LogP contribution in [-0.2, 0) is 4.79 Å². The molecule has 0 radical (unpaired) electrons. The van der Waals surface area contributed by atoms with E-state index in [1.54, 1.807) is 24.3 Å². The first kappa shape index (κ1) is 17.7. The zero-order valence-corrected chi connectivity index (χ0v) is 15.3. The normalized spacial score (nSPS) is 21.9. The van der Waals surface area contributed by atoms with Crippen LogP contribution >= 0.6 is 0 Å². The van der Waals surface area contributed by atoms with Crippen molar-refractivity contribution in [2.75, 3.05) is 25.0 Å². The monoisotopic (exact) mass is 363 g/mol. The van der Waals surface area contributed by atoms with Gasteiger partial charge in [0.1, 0.15) is 0 Å². The maximum absolute atomic E-state index is 12.9. The van der Waals surface area contributed by atoms with E-state index in [1.165, 1.54) is 5.56 Å². The van der Waals surface area contributed by atoms with Crippen LogP contribution in [0.15, 0.2) is 54.6 Å². The molecule has 5 nitrogen and oxygen atoms in total. The van der Waals surface area contributed by atoms with Crippen molar-refractivity contribution in [2.45, 2.75) is 18.8 Å². The van der Waals surface area contributed by atoms with Gasteiger partial charge in [-0.3, -0.25) is 9.59 Å². The predicted octanol–water partition coefficient (Wildman–Crippen LogP) is 2.85.